The van der Waals surface area contributed by atoms with Crippen molar-refractivity contribution in [3.63, 3.8) is 0 Å². The number of nitrogens with one attached hydrogen (secondary N) is 1. The Hall–Kier alpha value is -2.82. The van der Waals surface area contributed by atoms with Crippen LogP contribution in [-0.2, 0) is 16.0 Å². The van der Waals surface area contributed by atoms with Crippen molar-refractivity contribution in [3.8, 4) is 5.75 Å². The van der Waals surface area contributed by atoms with Crippen LogP contribution in [0.2, 0.25) is 0 Å². The molecule has 0 bridgehead atoms. The highest BCUT2D eigenvalue weighted by Gasteiger charge is 2.40. The van der Waals surface area contributed by atoms with Gasteiger partial charge in [-0.15, -0.1) is 0 Å². The molecule has 0 unspecified atom stereocenters. The summed E-state index contributed by atoms with van der Waals surface area (Å²) >= 11 is 0. The highest BCUT2D eigenvalue weighted by atomic mass is 16.5. The Kier molecular flexibility index (Phi) is 5.56. The molecule has 1 amide bonds. The van der Waals surface area contributed by atoms with Crippen LogP contribution >= 0.6 is 0 Å². The predicted octanol–water partition coefficient (Wildman–Crippen LogP) is 3.17. The quantitative estimate of drug-likeness (QED) is 0.764. The van der Waals surface area contributed by atoms with Gasteiger partial charge in [0, 0.05) is 6.42 Å². The fourth-order valence-corrected chi connectivity index (χ4v) is 3.32. The number of carboxylic acid groups (broad SMARTS) is 1. The van der Waals surface area contributed by atoms with Crippen LogP contribution < -0.4 is 10.1 Å². The van der Waals surface area contributed by atoms with Crippen LogP contribution in [0.25, 0.3) is 0 Å². The molecule has 2 aromatic rings. The molecule has 5 nitrogen and oxygen atoms in total. The molecule has 0 aliphatic heterocycles. The zero-order chi connectivity index (χ0) is 18.4. The third-order valence-electron chi connectivity index (χ3n) is 4.77. The zero-order valence-electron chi connectivity index (χ0n) is 14.6. The van der Waals surface area contributed by atoms with Gasteiger partial charge in [-0.05, 0) is 36.5 Å². The highest BCUT2D eigenvalue weighted by Crippen LogP contribution is 2.34. The summed E-state index contributed by atoms with van der Waals surface area (Å²) in [5.41, 5.74) is 1.58. The van der Waals surface area contributed by atoms with Gasteiger partial charge in [-0.2, -0.15) is 0 Å². The molecular weight excluding hydrogens is 330 g/mol. The molecule has 0 radical (unpaired) electrons. The minimum atomic E-state index is -0.890. The number of amides is 1. The molecule has 26 heavy (non-hydrogen) atoms. The van der Waals surface area contributed by atoms with E-state index in [0.29, 0.717) is 18.6 Å². The number of ether oxygens (including phenoxy) is 1. The fourth-order valence-electron chi connectivity index (χ4n) is 3.32. The second-order valence-corrected chi connectivity index (χ2v) is 6.81. The van der Waals surface area contributed by atoms with Gasteiger partial charge in [0.15, 0.2) is 6.61 Å². The van der Waals surface area contributed by atoms with E-state index in [2.05, 4.69) is 17.4 Å². The molecule has 0 heterocycles. The van der Waals surface area contributed by atoms with Crippen molar-refractivity contribution < 1.29 is 19.4 Å². The molecule has 136 valence electrons. The van der Waals surface area contributed by atoms with Gasteiger partial charge in [0.1, 0.15) is 5.75 Å². The first-order valence-corrected chi connectivity index (χ1v) is 8.84. The van der Waals surface area contributed by atoms with Crippen LogP contribution in [0.5, 0.6) is 5.75 Å². The minimum absolute atomic E-state index is 0.0384. The molecular formula is C21H23NO4. The fraction of sp³-hybridized carbons (Fsp3) is 0.333. The Morgan fingerprint density at radius 2 is 1.73 bits per heavy atom. The Bertz CT molecular complexity index is 769. The van der Waals surface area contributed by atoms with Crippen molar-refractivity contribution in [2.75, 3.05) is 6.61 Å². The van der Waals surface area contributed by atoms with Gasteiger partial charge in [-0.1, -0.05) is 48.5 Å². The lowest BCUT2D eigenvalue weighted by atomic mass is 9.74. The number of carbonyl (C=O) groups excluding carboxylic acids is 1. The van der Waals surface area contributed by atoms with Gasteiger partial charge < -0.3 is 15.2 Å². The van der Waals surface area contributed by atoms with E-state index in [0.717, 1.165) is 18.4 Å². The number of hydrogen-bond acceptors (Lipinski definition) is 3. The van der Waals surface area contributed by atoms with Gasteiger partial charge in [-0.25, -0.2) is 0 Å². The van der Waals surface area contributed by atoms with Crippen molar-refractivity contribution in [1.82, 2.24) is 5.32 Å². The van der Waals surface area contributed by atoms with Gasteiger partial charge in [0.2, 0.25) is 0 Å². The van der Waals surface area contributed by atoms with E-state index in [-0.39, 0.29) is 18.9 Å². The predicted molar refractivity (Wildman–Crippen MR) is 98.2 cm³/mol. The molecule has 0 spiro atoms. The SMILES string of the molecule is O=C(O)CC1(NC(=O)COc2ccccc2Cc2ccccc2)CCC1. The zero-order valence-corrected chi connectivity index (χ0v) is 14.6. The molecule has 1 saturated carbocycles. The summed E-state index contributed by atoms with van der Waals surface area (Å²) in [5.74, 6) is -0.494. The number of carbonyl (C=O) groups is 2. The first kappa shape index (κ1) is 18.0. The lowest BCUT2D eigenvalue weighted by molar-refractivity contribution is -0.140. The standard InChI is InChI=1S/C21H23NO4/c23-19(22-21(11-6-12-21)14-20(24)25)15-26-18-10-5-4-9-17(18)13-16-7-2-1-3-8-16/h1-5,7-10H,6,11-15H2,(H,22,23)(H,24,25). The second kappa shape index (κ2) is 8.04. The van der Waals surface area contributed by atoms with Crippen LogP contribution in [0, 0.1) is 0 Å². The lowest BCUT2D eigenvalue weighted by Crippen LogP contribution is -2.55. The van der Waals surface area contributed by atoms with Gasteiger partial charge in [0.25, 0.3) is 5.91 Å². The van der Waals surface area contributed by atoms with E-state index < -0.39 is 11.5 Å². The largest absolute Gasteiger partial charge is 0.483 e. The van der Waals surface area contributed by atoms with Crippen molar-refractivity contribution in [1.29, 1.82) is 0 Å². The summed E-state index contributed by atoms with van der Waals surface area (Å²) in [6, 6.07) is 17.7. The first-order chi connectivity index (χ1) is 12.6. The van der Waals surface area contributed by atoms with Crippen LogP contribution in [0.1, 0.15) is 36.8 Å². The van der Waals surface area contributed by atoms with Crippen molar-refractivity contribution >= 4 is 11.9 Å². The number of aliphatic carboxylic acids is 1. The molecule has 5 heteroatoms. The molecule has 1 aliphatic carbocycles. The molecule has 1 fully saturated rings. The maximum absolute atomic E-state index is 12.2. The van der Waals surface area contributed by atoms with Gasteiger partial charge in [0.05, 0.1) is 12.0 Å². The number of hydrogen-bond donors (Lipinski definition) is 2. The lowest BCUT2D eigenvalue weighted by Gasteiger charge is -2.41. The molecule has 1 aliphatic rings. The molecule has 2 N–H and O–H groups in total. The Balaban J connectivity index is 1.59. The van der Waals surface area contributed by atoms with E-state index in [1.54, 1.807) is 0 Å². The first-order valence-electron chi connectivity index (χ1n) is 8.84. The monoisotopic (exact) mass is 353 g/mol. The smallest absolute Gasteiger partial charge is 0.305 e. The normalized spacial score (nSPS) is 14.9. The van der Waals surface area contributed by atoms with Crippen LogP contribution in [0.3, 0.4) is 0 Å². The van der Waals surface area contributed by atoms with E-state index in [1.165, 1.54) is 5.56 Å². The number of benzene rings is 2. The Labute approximate surface area is 153 Å². The number of rotatable bonds is 8. The van der Waals surface area contributed by atoms with Gasteiger partial charge >= 0.3 is 5.97 Å². The van der Waals surface area contributed by atoms with Crippen molar-refractivity contribution in [2.24, 2.45) is 0 Å². The molecule has 0 saturated heterocycles. The average Bonchev–Trinajstić information content (AvgIpc) is 2.59. The summed E-state index contributed by atoms with van der Waals surface area (Å²) in [6.45, 7) is -0.118. The van der Waals surface area contributed by atoms with E-state index in [1.807, 2.05) is 42.5 Å². The topological polar surface area (TPSA) is 75.6 Å². The second-order valence-electron chi connectivity index (χ2n) is 6.81. The van der Waals surface area contributed by atoms with Crippen LogP contribution in [-0.4, -0.2) is 29.1 Å². The third kappa shape index (κ3) is 4.63. The van der Waals surface area contributed by atoms with Gasteiger partial charge in [-0.3, -0.25) is 9.59 Å². The van der Waals surface area contributed by atoms with E-state index in [4.69, 9.17) is 9.84 Å². The van der Waals surface area contributed by atoms with E-state index >= 15 is 0 Å². The third-order valence-corrected chi connectivity index (χ3v) is 4.77. The number of carboxylic acids is 1. The molecule has 0 atom stereocenters. The van der Waals surface area contributed by atoms with E-state index in [9.17, 15) is 9.59 Å². The van der Waals surface area contributed by atoms with Crippen molar-refractivity contribution in [2.45, 2.75) is 37.6 Å². The molecule has 0 aromatic heterocycles. The minimum Gasteiger partial charge on any atom is -0.483 e. The van der Waals surface area contributed by atoms with Crippen molar-refractivity contribution in [3.05, 3.63) is 65.7 Å². The molecule has 2 aromatic carbocycles. The maximum atomic E-state index is 12.2. The Morgan fingerprint density at radius 3 is 2.38 bits per heavy atom. The summed E-state index contributed by atoms with van der Waals surface area (Å²) < 4.78 is 5.73. The summed E-state index contributed by atoms with van der Waals surface area (Å²) in [5, 5.41) is 11.9. The molecule has 3 rings (SSSR count). The summed E-state index contributed by atoms with van der Waals surface area (Å²) in [7, 11) is 0. The summed E-state index contributed by atoms with van der Waals surface area (Å²) in [4.78, 5) is 23.3. The maximum Gasteiger partial charge on any atom is 0.305 e. The van der Waals surface area contributed by atoms with Crippen LogP contribution in [0.15, 0.2) is 54.6 Å². The van der Waals surface area contributed by atoms with Crippen LogP contribution in [0.4, 0.5) is 0 Å². The summed E-state index contributed by atoms with van der Waals surface area (Å²) in [6.07, 6.45) is 3.03. The average molecular weight is 353 g/mol. The Morgan fingerprint density at radius 1 is 1.04 bits per heavy atom. The highest BCUT2D eigenvalue weighted by molar-refractivity contribution is 5.80. The number of para-hydroxylation sites is 1.